The van der Waals surface area contributed by atoms with Gasteiger partial charge in [0.15, 0.2) is 0 Å². The maximum absolute atomic E-state index is 12.8. The number of amides is 2. The molecular formula is C20H26N2O3. The minimum Gasteiger partial charge on any atom is -0.444 e. The van der Waals surface area contributed by atoms with Crippen LogP contribution in [0, 0.1) is 0 Å². The lowest BCUT2D eigenvalue weighted by Gasteiger charge is -2.38. The average molecular weight is 342 g/mol. The highest BCUT2D eigenvalue weighted by atomic mass is 16.6. The Kier molecular flexibility index (Phi) is 4.58. The molecule has 134 valence electrons. The van der Waals surface area contributed by atoms with Gasteiger partial charge in [0.1, 0.15) is 5.60 Å². The minimum absolute atomic E-state index is 0.0355. The van der Waals surface area contributed by atoms with Gasteiger partial charge in [-0.05, 0) is 50.8 Å². The third-order valence-corrected chi connectivity index (χ3v) is 4.69. The lowest BCUT2D eigenvalue weighted by Crippen LogP contribution is -2.50. The van der Waals surface area contributed by atoms with Crippen molar-refractivity contribution in [3.05, 3.63) is 41.5 Å². The topological polar surface area (TPSA) is 49.9 Å². The van der Waals surface area contributed by atoms with E-state index in [-0.39, 0.29) is 18.0 Å². The van der Waals surface area contributed by atoms with Crippen LogP contribution in [0.25, 0.3) is 6.08 Å². The SMILES string of the molecule is C=Cc1ccc2c(c1)C(=O)N(C1CCCN(C(=O)OC(C)(C)C)C1)C2. The molecule has 0 bridgehead atoms. The molecule has 1 saturated heterocycles. The summed E-state index contributed by atoms with van der Waals surface area (Å²) in [4.78, 5) is 28.8. The summed E-state index contributed by atoms with van der Waals surface area (Å²) in [5, 5.41) is 0. The van der Waals surface area contributed by atoms with Gasteiger partial charge in [-0.1, -0.05) is 24.8 Å². The Bertz CT molecular complexity index is 705. The summed E-state index contributed by atoms with van der Waals surface area (Å²) < 4.78 is 5.48. The van der Waals surface area contributed by atoms with Crippen molar-refractivity contribution in [2.75, 3.05) is 13.1 Å². The first-order chi connectivity index (χ1) is 11.8. The molecule has 0 aliphatic carbocycles. The first-order valence-corrected chi connectivity index (χ1v) is 8.83. The van der Waals surface area contributed by atoms with E-state index in [1.165, 1.54) is 0 Å². The molecule has 0 spiro atoms. The Morgan fingerprint density at radius 2 is 2.12 bits per heavy atom. The molecule has 3 rings (SSSR count). The lowest BCUT2D eigenvalue weighted by molar-refractivity contribution is 0.0106. The van der Waals surface area contributed by atoms with Crippen molar-refractivity contribution in [2.24, 2.45) is 0 Å². The molecule has 2 heterocycles. The number of carbonyl (C=O) groups is 2. The predicted octanol–water partition coefficient (Wildman–Crippen LogP) is 3.68. The van der Waals surface area contributed by atoms with Gasteiger partial charge >= 0.3 is 6.09 Å². The first-order valence-electron chi connectivity index (χ1n) is 8.83. The molecule has 0 radical (unpaired) electrons. The number of hydrogen-bond donors (Lipinski definition) is 0. The third kappa shape index (κ3) is 3.70. The molecule has 0 aromatic heterocycles. The number of benzene rings is 1. The molecule has 0 N–H and O–H groups in total. The maximum atomic E-state index is 12.8. The molecule has 2 aliphatic rings. The van der Waals surface area contributed by atoms with Crippen molar-refractivity contribution in [3.8, 4) is 0 Å². The number of carbonyl (C=O) groups excluding carboxylic acids is 2. The van der Waals surface area contributed by atoms with Gasteiger partial charge < -0.3 is 14.5 Å². The predicted molar refractivity (Wildman–Crippen MR) is 97.2 cm³/mol. The first kappa shape index (κ1) is 17.5. The Labute approximate surface area is 149 Å². The molecule has 1 aromatic rings. The lowest BCUT2D eigenvalue weighted by atomic mass is 10.0. The molecule has 1 atom stereocenters. The van der Waals surface area contributed by atoms with E-state index in [9.17, 15) is 9.59 Å². The fourth-order valence-electron chi connectivity index (χ4n) is 3.46. The van der Waals surface area contributed by atoms with Gasteiger partial charge in [-0.2, -0.15) is 0 Å². The Morgan fingerprint density at radius 1 is 1.36 bits per heavy atom. The van der Waals surface area contributed by atoms with Crippen molar-refractivity contribution in [1.82, 2.24) is 9.80 Å². The van der Waals surface area contributed by atoms with E-state index in [1.54, 1.807) is 11.0 Å². The molecular weight excluding hydrogens is 316 g/mol. The highest BCUT2D eigenvalue weighted by Gasteiger charge is 2.36. The van der Waals surface area contributed by atoms with E-state index in [4.69, 9.17) is 4.74 Å². The van der Waals surface area contributed by atoms with Crippen LogP contribution in [0.5, 0.6) is 0 Å². The quantitative estimate of drug-likeness (QED) is 0.824. The van der Waals surface area contributed by atoms with Crippen LogP contribution in [0.4, 0.5) is 4.79 Å². The zero-order chi connectivity index (χ0) is 18.2. The van der Waals surface area contributed by atoms with E-state index in [0.717, 1.165) is 29.5 Å². The van der Waals surface area contributed by atoms with Crippen molar-refractivity contribution in [2.45, 2.75) is 51.8 Å². The van der Waals surface area contributed by atoms with Crippen molar-refractivity contribution in [3.63, 3.8) is 0 Å². The largest absolute Gasteiger partial charge is 0.444 e. The highest BCUT2D eigenvalue weighted by Crippen LogP contribution is 2.29. The number of nitrogens with zero attached hydrogens (tertiary/aromatic N) is 2. The standard InChI is InChI=1S/C20H26N2O3/c1-5-14-8-9-15-12-22(18(23)17(15)11-14)16-7-6-10-21(13-16)19(24)25-20(2,3)4/h5,8-9,11,16H,1,6-7,10,12-13H2,2-4H3. The molecule has 2 aliphatic heterocycles. The second kappa shape index (κ2) is 6.54. The summed E-state index contributed by atoms with van der Waals surface area (Å²) in [5.41, 5.74) is 2.25. The summed E-state index contributed by atoms with van der Waals surface area (Å²) in [5.74, 6) is 0.0507. The number of piperidine rings is 1. The number of ether oxygens (including phenoxy) is 1. The van der Waals surface area contributed by atoms with Gasteiger partial charge in [-0.15, -0.1) is 0 Å². The summed E-state index contributed by atoms with van der Waals surface area (Å²) in [7, 11) is 0. The van der Waals surface area contributed by atoms with Crippen LogP contribution in [-0.2, 0) is 11.3 Å². The molecule has 1 unspecified atom stereocenters. The van der Waals surface area contributed by atoms with Crippen LogP contribution in [0.15, 0.2) is 24.8 Å². The molecule has 2 amide bonds. The summed E-state index contributed by atoms with van der Waals surface area (Å²) >= 11 is 0. The van der Waals surface area contributed by atoms with Crippen LogP contribution < -0.4 is 0 Å². The molecule has 5 heteroatoms. The minimum atomic E-state index is -0.509. The van der Waals surface area contributed by atoms with Gasteiger partial charge in [0.25, 0.3) is 5.91 Å². The number of hydrogen-bond acceptors (Lipinski definition) is 3. The second-order valence-corrected chi connectivity index (χ2v) is 7.78. The van der Waals surface area contributed by atoms with Crippen LogP contribution in [0.1, 0.15) is 55.1 Å². The third-order valence-electron chi connectivity index (χ3n) is 4.69. The Morgan fingerprint density at radius 3 is 2.80 bits per heavy atom. The fourth-order valence-corrected chi connectivity index (χ4v) is 3.46. The zero-order valence-corrected chi connectivity index (χ0v) is 15.2. The van der Waals surface area contributed by atoms with Gasteiger partial charge in [0, 0.05) is 25.2 Å². The summed E-state index contributed by atoms with van der Waals surface area (Å²) in [6.45, 7) is 11.2. The molecule has 5 nitrogen and oxygen atoms in total. The summed E-state index contributed by atoms with van der Waals surface area (Å²) in [6, 6.07) is 5.92. The van der Waals surface area contributed by atoms with Crippen LogP contribution in [-0.4, -0.2) is 46.5 Å². The van der Waals surface area contributed by atoms with Crippen LogP contribution in [0.2, 0.25) is 0 Å². The van der Waals surface area contributed by atoms with Crippen LogP contribution in [0.3, 0.4) is 0 Å². The second-order valence-electron chi connectivity index (χ2n) is 7.78. The van der Waals surface area contributed by atoms with E-state index >= 15 is 0 Å². The number of likely N-dealkylation sites (tertiary alicyclic amines) is 1. The normalized spacial score (nSPS) is 20.4. The molecule has 0 saturated carbocycles. The molecule has 1 fully saturated rings. The molecule has 1 aromatic carbocycles. The van der Waals surface area contributed by atoms with Crippen molar-refractivity contribution >= 4 is 18.1 Å². The van der Waals surface area contributed by atoms with E-state index < -0.39 is 5.60 Å². The summed E-state index contributed by atoms with van der Waals surface area (Å²) in [6.07, 6.45) is 3.24. The van der Waals surface area contributed by atoms with E-state index in [0.29, 0.717) is 19.6 Å². The molecule has 25 heavy (non-hydrogen) atoms. The highest BCUT2D eigenvalue weighted by molar-refractivity contribution is 5.99. The zero-order valence-electron chi connectivity index (χ0n) is 15.2. The van der Waals surface area contributed by atoms with E-state index in [1.807, 2.05) is 43.9 Å². The number of fused-ring (bicyclic) bond motifs is 1. The Hall–Kier alpha value is -2.30. The Balaban J connectivity index is 1.71. The van der Waals surface area contributed by atoms with Gasteiger partial charge in [-0.3, -0.25) is 4.79 Å². The van der Waals surface area contributed by atoms with Gasteiger partial charge in [0.2, 0.25) is 0 Å². The average Bonchev–Trinajstić information content (AvgIpc) is 2.90. The van der Waals surface area contributed by atoms with Crippen molar-refractivity contribution in [1.29, 1.82) is 0 Å². The van der Waals surface area contributed by atoms with E-state index in [2.05, 4.69) is 6.58 Å². The fraction of sp³-hybridized carbons (Fsp3) is 0.500. The smallest absolute Gasteiger partial charge is 0.410 e. The van der Waals surface area contributed by atoms with Gasteiger partial charge in [0.05, 0.1) is 6.04 Å². The van der Waals surface area contributed by atoms with Crippen LogP contribution >= 0.6 is 0 Å². The monoisotopic (exact) mass is 342 g/mol. The van der Waals surface area contributed by atoms with Gasteiger partial charge in [-0.25, -0.2) is 4.79 Å². The maximum Gasteiger partial charge on any atom is 0.410 e. The number of rotatable bonds is 2. The van der Waals surface area contributed by atoms with Crippen molar-refractivity contribution < 1.29 is 14.3 Å².